The first-order chi connectivity index (χ1) is 15.9. The van der Waals surface area contributed by atoms with E-state index in [0.29, 0.717) is 29.1 Å². The molecule has 6 nitrogen and oxygen atoms in total. The molecule has 0 aliphatic carbocycles. The van der Waals surface area contributed by atoms with Crippen molar-refractivity contribution in [2.24, 2.45) is 0 Å². The number of nitrogens with zero attached hydrogens (tertiary/aromatic N) is 1. The van der Waals surface area contributed by atoms with Crippen molar-refractivity contribution in [3.63, 3.8) is 0 Å². The Labute approximate surface area is 195 Å². The van der Waals surface area contributed by atoms with Crippen LogP contribution in [0.15, 0.2) is 77.1 Å². The Hall–Kier alpha value is -3.54. The number of hydrogen-bond donors (Lipinski definition) is 0. The summed E-state index contributed by atoms with van der Waals surface area (Å²) in [5, 5.41) is 0. The molecule has 3 rings (SSSR count). The smallest absolute Gasteiger partial charge is 0.336 e. The van der Waals surface area contributed by atoms with Gasteiger partial charge < -0.3 is 19.1 Å². The molecule has 0 unspecified atom stereocenters. The third-order valence-corrected chi connectivity index (χ3v) is 5.56. The zero-order valence-electron chi connectivity index (χ0n) is 19.9. The average Bonchev–Trinajstić information content (AvgIpc) is 2.80. The van der Waals surface area contributed by atoms with E-state index in [1.165, 1.54) is 0 Å². The Morgan fingerprint density at radius 2 is 1.27 bits per heavy atom. The Balaban J connectivity index is 2.25. The van der Waals surface area contributed by atoms with Gasteiger partial charge >= 0.3 is 11.9 Å². The Kier molecular flexibility index (Phi) is 7.93. The van der Waals surface area contributed by atoms with Gasteiger partial charge in [0.1, 0.15) is 5.75 Å². The molecule has 174 valence electrons. The maximum atomic E-state index is 13.2. The molecule has 2 aromatic carbocycles. The van der Waals surface area contributed by atoms with E-state index in [4.69, 9.17) is 14.2 Å². The van der Waals surface area contributed by atoms with E-state index in [-0.39, 0.29) is 13.2 Å². The van der Waals surface area contributed by atoms with Crippen molar-refractivity contribution < 1.29 is 23.8 Å². The molecule has 0 N–H and O–H groups in total. The first-order valence-electron chi connectivity index (χ1n) is 11.3. The van der Waals surface area contributed by atoms with Crippen molar-refractivity contribution in [3.05, 3.63) is 82.7 Å². The highest BCUT2D eigenvalue weighted by Gasteiger charge is 2.40. The van der Waals surface area contributed by atoms with Crippen LogP contribution in [0.25, 0.3) is 0 Å². The molecule has 1 aliphatic rings. The number of hydrogen-bond acceptors (Lipinski definition) is 6. The molecule has 0 fully saturated rings. The van der Waals surface area contributed by atoms with Crippen molar-refractivity contribution >= 4 is 17.6 Å². The van der Waals surface area contributed by atoms with Crippen LogP contribution in [0.2, 0.25) is 0 Å². The van der Waals surface area contributed by atoms with Gasteiger partial charge in [-0.15, -0.1) is 0 Å². The summed E-state index contributed by atoms with van der Waals surface area (Å²) in [6.07, 6.45) is 0. The highest BCUT2D eigenvalue weighted by atomic mass is 16.5. The largest absolute Gasteiger partial charge is 0.494 e. The van der Waals surface area contributed by atoms with Gasteiger partial charge in [0.2, 0.25) is 0 Å². The monoisotopic (exact) mass is 449 g/mol. The van der Waals surface area contributed by atoms with E-state index in [2.05, 4.69) is 0 Å². The number of carbonyl (C=O) groups excluding carboxylic acids is 2. The number of anilines is 1. The number of esters is 2. The third kappa shape index (κ3) is 4.95. The summed E-state index contributed by atoms with van der Waals surface area (Å²) >= 11 is 0. The molecule has 0 amide bonds. The predicted octanol–water partition coefficient (Wildman–Crippen LogP) is 5.36. The summed E-state index contributed by atoms with van der Waals surface area (Å²) in [6, 6.07) is 17.1. The second kappa shape index (κ2) is 10.9. The minimum Gasteiger partial charge on any atom is -0.494 e. The second-order valence-corrected chi connectivity index (χ2v) is 7.55. The summed E-state index contributed by atoms with van der Waals surface area (Å²) in [6.45, 7) is 10.3. The topological polar surface area (TPSA) is 65.1 Å². The van der Waals surface area contributed by atoms with Crippen molar-refractivity contribution in [1.29, 1.82) is 0 Å². The summed E-state index contributed by atoms with van der Waals surface area (Å²) in [7, 11) is 0. The molecule has 0 saturated carbocycles. The highest BCUT2D eigenvalue weighted by Crippen LogP contribution is 2.44. The lowest BCUT2D eigenvalue weighted by atomic mass is 9.79. The van der Waals surface area contributed by atoms with Crippen molar-refractivity contribution in [1.82, 2.24) is 0 Å². The standard InChI is InChI=1S/C27H31NO5/c1-6-31-22-16-14-21(15-17-22)28-18(4)23(26(29)32-7-2)25(20-12-10-9-11-13-20)24(19(28)5)27(30)33-8-3/h9-17,25H,6-8H2,1-5H3. The molecular weight excluding hydrogens is 418 g/mol. The number of carbonyl (C=O) groups is 2. The first kappa shape index (κ1) is 24.1. The minimum atomic E-state index is -0.594. The minimum absolute atomic E-state index is 0.234. The van der Waals surface area contributed by atoms with Crippen LogP contribution in [0, 0.1) is 0 Å². The van der Waals surface area contributed by atoms with E-state index in [1.807, 2.05) is 80.3 Å². The van der Waals surface area contributed by atoms with Gasteiger partial charge in [-0.3, -0.25) is 0 Å². The molecule has 6 heteroatoms. The van der Waals surface area contributed by atoms with Gasteiger partial charge in [-0.2, -0.15) is 0 Å². The van der Waals surface area contributed by atoms with E-state index in [9.17, 15) is 9.59 Å². The van der Waals surface area contributed by atoms with Gasteiger partial charge in [-0.1, -0.05) is 30.3 Å². The van der Waals surface area contributed by atoms with Gasteiger partial charge in [0, 0.05) is 17.1 Å². The van der Waals surface area contributed by atoms with Crippen LogP contribution in [0.4, 0.5) is 5.69 Å². The molecule has 0 radical (unpaired) electrons. The first-order valence-corrected chi connectivity index (χ1v) is 11.3. The maximum absolute atomic E-state index is 13.2. The van der Waals surface area contributed by atoms with E-state index in [0.717, 1.165) is 17.0 Å². The predicted molar refractivity (Wildman–Crippen MR) is 128 cm³/mol. The Bertz CT molecular complexity index is 1010. The normalized spacial score (nSPS) is 14.4. The summed E-state index contributed by atoms with van der Waals surface area (Å²) in [4.78, 5) is 28.4. The molecular formula is C27H31NO5. The summed E-state index contributed by atoms with van der Waals surface area (Å²) in [5.74, 6) is -0.744. The number of allylic oxidation sites excluding steroid dienone is 2. The molecule has 0 atom stereocenters. The van der Waals surface area contributed by atoms with Gasteiger partial charge in [0.05, 0.1) is 36.9 Å². The molecule has 33 heavy (non-hydrogen) atoms. The molecule has 2 aromatic rings. The summed E-state index contributed by atoms with van der Waals surface area (Å²) in [5.41, 5.74) is 3.89. The average molecular weight is 450 g/mol. The highest BCUT2D eigenvalue weighted by molar-refractivity contribution is 6.01. The molecule has 0 spiro atoms. The van der Waals surface area contributed by atoms with Gasteiger partial charge in [-0.05, 0) is 64.4 Å². The molecule has 1 aliphatic heterocycles. The lowest BCUT2D eigenvalue weighted by Crippen LogP contribution is -2.35. The van der Waals surface area contributed by atoms with Gasteiger partial charge in [-0.25, -0.2) is 9.59 Å². The van der Waals surface area contributed by atoms with E-state index < -0.39 is 17.9 Å². The summed E-state index contributed by atoms with van der Waals surface area (Å²) < 4.78 is 16.5. The second-order valence-electron chi connectivity index (χ2n) is 7.55. The van der Waals surface area contributed by atoms with Gasteiger partial charge in [0.25, 0.3) is 0 Å². The van der Waals surface area contributed by atoms with Crippen LogP contribution in [0.1, 0.15) is 46.1 Å². The fraction of sp³-hybridized carbons (Fsp3) is 0.333. The van der Waals surface area contributed by atoms with Gasteiger partial charge in [0.15, 0.2) is 0 Å². The Morgan fingerprint density at radius 1 is 0.758 bits per heavy atom. The van der Waals surface area contributed by atoms with E-state index >= 15 is 0 Å². The lowest BCUT2D eigenvalue weighted by Gasteiger charge is -2.38. The molecule has 0 saturated heterocycles. The van der Waals surface area contributed by atoms with Crippen LogP contribution in [-0.2, 0) is 19.1 Å². The van der Waals surface area contributed by atoms with Crippen LogP contribution in [0.5, 0.6) is 5.75 Å². The SMILES string of the molecule is CCOC(=O)C1=C(C)N(c2ccc(OCC)cc2)C(C)=C(C(=O)OCC)C1c1ccccc1. The van der Waals surface area contributed by atoms with Crippen molar-refractivity contribution in [3.8, 4) is 5.75 Å². The quantitative estimate of drug-likeness (QED) is 0.505. The number of ether oxygens (including phenoxy) is 3. The maximum Gasteiger partial charge on any atom is 0.336 e. The Morgan fingerprint density at radius 3 is 1.73 bits per heavy atom. The molecule has 1 heterocycles. The lowest BCUT2D eigenvalue weighted by molar-refractivity contribution is -0.139. The van der Waals surface area contributed by atoms with Crippen molar-refractivity contribution in [2.45, 2.75) is 40.5 Å². The fourth-order valence-electron chi connectivity index (χ4n) is 4.23. The van der Waals surface area contributed by atoms with Crippen LogP contribution in [-0.4, -0.2) is 31.8 Å². The van der Waals surface area contributed by atoms with Crippen LogP contribution in [0.3, 0.4) is 0 Å². The van der Waals surface area contributed by atoms with Crippen LogP contribution >= 0.6 is 0 Å². The zero-order chi connectivity index (χ0) is 24.0. The molecule has 0 aromatic heterocycles. The zero-order valence-corrected chi connectivity index (χ0v) is 19.9. The van der Waals surface area contributed by atoms with Crippen molar-refractivity contribution in [2.75, 3.05) is 24.7 Å². The van der Waals surface area contributed by atoms with E-state index in [1.54, 1.807) is 13.8 Å². The fourth-order valence-corrected chi connectivity index (χ4v) is 4.23. The third-order valence-electron chi connectivity index (χ3n) is 5.56. The number of rotatable bonds is 8. The molecule has 0 bridgehead atoms. The van der Waals surface area contributed by atoms with Crippen LogP contribution < -0.4 is 9.64 Å². The number of benzene rings is 2.